The molecule has 0 aliphatic carbocycles. The first-order valence-electron chi connectivity index (χ1n) is 7.61. The average Bonchev–Trinajstić information content (AvgIpc) is 2.33. The normalized spacial score (nSPS) is 17.6. The molecule has 1 N–H and O–H groups in total. The van der Waals surface area contributed by atoms with Crippen molar-refractivity contribution in [3.8, 4) is 0 Å². The Morgan fingerprint density at radius 1 is 1.32 bits per heavy atom. The number of nitrogens with one attached hydrogen (secondary N) is 1. The third-order valence-corrected chi connectivity index (χ3v) is 3.48. The number of carbonyl (C=O) groups excluding carboxylic acids is 1. The number of rotatable bonds is 5. The maximum atomic E-state index is 11.9. The van der Waals surface area contributed by atoms with E-state index in [1.54, 1.807) is 0 Å². The van der Waals surface area contributed by atoms with Crippen molar-refractivity contribution in [2.45, 2.75) is 59.0 Å². The number of likely N-dealkylation sites (tertiary alicyclic amines) is 1. The zero-order valence-electron chi connectivity index (χ0n) is 13.0. The SMILES string of the molecule is CCNCCCC1CCN(C(=O)OC(C)(C)C)CC1. The van der Waals surface area contributed by atoms with Crippen LogP contribution in [0.25, 0.3) is 0 Å². The molecular weight excluding hydrogens is 240 g/mol. The Balaban J connectivity index is 2.19. The summed E-state index contributed by atoms with van der Waals surface area (Å²) >= 11 is 0. The van der Waals surface area contributed by atoms with E-state index >= 15 is 0 Å². The van der Waals surface area contributed by atoms with Crippen molar-refractivity contribution in [2.24, 2.45) is 5.92 Å². The van der Waals surface area contributed by atoms with Crippen molar-refractivity contribution >= 4 is 6.09 Å². The lowest BCUT2D eigenvalue weighted by Gasteiger charge is -2.33. The highest BCUT2D eigenvalue weighted by Crippen LogP contribution is 2.23. The quantitative estimate of drug-likeness (QED) is 0.781. The van der Waals surface area contributed by atoms with Gasteiger partial charge in [0, 0.05) is 13.1 Å². The van der Waals surface area contributed by atoms with Gasteiger partial charge in [0.05, 0.1) is 0 Å². The van der Waals surface area contributed by atoms with E-state index < -0.39 is 0 Å². The number of nitrogens with zero attached hydrogens (tertiary/aromatic N) is 1. The molecule has 4 heteroatoms. The fourth-order valence-corrected chi connectivity index (χ4v) is 2.42. The highest BCUT2D eigenvalue weighted by atomic mass is 16.6. The maximum Gasteiger partial charge on any atom is 0.410 e. The Morgan fingerprint density at radius 2 is 1.95 bits per heavy atom. The number of piperidine rings is 1. The molecule has 0 saturated carbocycles. The van der Waals surface area contributed by atoms with E-state index in [2.05, 4.69) is 12.2 Å². The first-order chi connectivity index (χ1) is 8.92. The predicted octanol–water partition coefficient (Wildman–Crippen LogP) is 3.02. The van der Waals surface area contributed by atoms with Gasteiger partial charge in [-0.15, -0.1) is 0 Å². The summed E-state index contributed by atoms with van der Waals surface area (Å²) in [6.07, 6.45) is 4.59. The Hall–Kier alpha value is -0.770. The molecule has 0 bridgehead atoms. The molecule has 0 aromatic rings. The number of hydrogen-bond acceptors (Lipinski definition) is 3. The fraction of sp³-hybridized carbons (Fsp3) is 0.933. The number of carbonyl (C=O) groups is 1. The minimum atomic E-state index is -0.389. The highest BCUT2D eigenvalue weighted by Gasteiger charge is 2.26. The van der Waals surface area contributed by atoms with Gasteiger partial charge in [-0.2, -0.15) is 0 Å². The molecule has 0 radical (unpaired) electrons. The van der Waals surface area contributed by atoms with Gasteiger partial charge in [-0.3, -0.25) is 0 Å². The van der Waals surface area contributed by atoms with Crippen molar-refractivity contribution in [3.05, 3.63) is 0 Å². The van der Waals surface area contributed by atoms with Crippen molar-refractivity contribution in [3.63, 3.8) is 0 Å². The second-order valence-electron chi connectivity index (χ2n) is 6.41. The van der Waals surface area contributed by atoms with E-state index in [1.807, 2.05) is 25.7 Å². The van der Waals surface area contributed by atoms with Gasteiger partial charge in [-0.25, -0.2) is 4.79 Å². The lowest BCUT2D eigenvalue weighted by molar-refractivity contribution is 0.0180. The van der Waals surface area contributed by atoms with Gasteiger partial charge in [0.25, 0.3) is 0 Å². The fourth-order valence-electron chi connectivity index (χ4n) is 2.42. The molecule has 1 saturated heterocycles. The van der Waals surface area contributed by atoms with Crippen LogP contribution < -0.4 is 5.32 Å². The van der Waals surface area contributed by atoms with Gasteiger partial charge in [0.15, 0.2) is 0 Å². The van der Waals surface area contributed by atoms with Gasteiger partial charge in [-0.05, 0) is 65.5 Å². The average molecular weight is 270 g/mol. The third-order valence-electron chi connectivity index (χ3n) is 3.48. The van der Waals surface area contributed by atoms with Gasteiger partial charge in [0.1, 0.15) is 5.60 Å². The highest BCUT2D eigenvalue weighted by molar-refractivity contribution is 5.68. The molecule has 1 aliphatic heterocycles. The van der Waals surface area contributed by atoms with E-state index in [1.165, 1.54) is 12.8 Å². The summed E-state index contributed by atoms with van der Waals surface area (Å²) in [4.78, 5) is 13.8. The van der Waals surface area contributed by atoms with Gasteiger partial charge < -0.3 is 15.0 Å². The molecule has 1 amide bonds. The topological polar surface area (TPSA) is 41.6 Å². The summed E-state index contributed by atoms with van der Waals surface area (Å²) in [5, 5.41) is 3.36. The van der Waals surface area contributed by atoms with Gasteiger partial charge in [-0.1, -0.05) is 6.92 Å². The molecule has 1 rings (SSSR count). The molecule has 112 valence electrons. The standard InChI is InChI=1S/C15H30N2O2/c1-5-16-10-6-7-13-8-11-17(12-9-13)14(18)19-15(2,3)4/h13,16H,5-12H2,1-4H3. The van der Waals surface area contributed by atoms with E-state index in [0.717, 1.165) is 44.9 Å². The second kappa shape index (κ2) is 7.73. The Morgan fingerprint density at radius 3 is 2.47 bits per heavy atom. The van der Waals surface area contributed by atoms with Crippen molar-refractivity contribution < 1.29 is 9.53 Å². The van der Waals surface area contributed by atoms with Crippen molar-refractivity contribution in [1.29, 1.82) is 0 Å². The van der Waals surface area contributed by atoms with E-state index in [9.17, 15) is 4.79 Å². The van der Waals surface area contributed by atoms with Crippen LogP contribution in [0.3, 0.4) is 0 Å². The number of hydrogen-bond donors (Lipinski definition) is 1. The van der Waals surface area contributed by atoms with E-state index in [0.29, 0.717) is 0 Å². The molecule has 0 unspecified atom stereocenters. The summed E-state index contributed by atoms with van der Waals surface area (Å²) in [6.45, 7) is 11.7. The monoisotopic (exact) mass is 270 g/mol. The summed E-state index contributed by atoms with van der Waals surface area (Å²) < 4.78 is 5.40. The molecule has 1 aliphatic rings. The largest absolute Gasteiger partial charge is 0.444 e. The van der Waals surface area contributed by atoms with Crippen LogP contribution in [0.4, 0.5) is 4.79 Å². The molecule has 1 fully saturated rings. The Labute approximate surface area is 117 Å². The van der Waals surface area contributed by atoms with Gasteiger partial charge in [0.2, 0.25) is 0 Å². The molecular formula is C15H30N2O2. The molecule has 0 aromatic carbocycles. The predicted molar refractivity (Wildman–Crippen MR) is 78.3 cm³/mol. The molecule has 1 heterocycles. The third kappa shape index (κ3) is 6.81. The molecule has 0 spiro atoms. The van der Waals surface area contributed by atoms with Crippen molar-refractivity contribution in [1.82, 2.24) is 10.2 Å². The summed E-state index contributed by atoms with van der Waals surface area (Å²) in [6, 6.07) is 0. The molecule has 0 aromatic heterocycles. The van der Waals surface area contributed by atoms with Crippen LogP contribution in [0.5, 0.6) is 0 Å². The van der Waals surface area contributed by atoms with E-state index in [-0.39, 0.29) is 11.7 Å². The van der Waals surface area contributed by atoms with Crippen LogP contribution in [0, 0.1) is 5.92 Å². The number of ether oxygens (including phenoxy) is 1. The van der Waals surface area contributed by atoms with Gasteiger partial charge >= 0.3 is 6.09 Å². The van der Waals surface area contributed by atoms with Crippen LogP contribution in [-0.4, -0.2) is 42.8 Å². The van der Waals surface area contributed by atoms with Crippen molar-refractivity contribution in [2.75, 3.05) is 26.2 Å². The minimum absolute atomic E-state index is 0.154. The maximum absolute atomic E-state index is 11.9. The summed E-state index contributed by atoms with van der Waals surface area (Å²) in [5.74, 6) is 0.775. The van der Waals surface area contributed by atoms with Crippen LogP contribution in [0.15, 0.2) is 0 Å². The zero-order valence-corrected chi connectivity index (χ0v) is 13.0. The Bertz CT molecular complexity index is 266. The first-order valence-corrected chi connectivity index (χ1v) is 7.61. The minimum Gasteiger partial charge on any atom is -0.444 e. The number of amides is 1. The summed E-state index contributed by atoms with van der Waals surface area (Å²) in [7, 11) is 0. The zero-order chi connectivity index (χ0) is 14.3. The smallest absolute Gasteiger partial charge is 0.410 e. The first kappa shape index (κ1) is 16.3. The molecule has 19 heavy (non-hydrogen) atoms. The molecule has 0 atom stereocenters. The van der Waals surface area contributed by atoms with Crippen LogP contribution >= 0.6 is 0 Å². The van der Waals surface area contributed by atoms with Crippen LogP contribution in [0.2, 0.25) is 0 Å². The second-order valence-corrected chi connectivity index (χ2v) is 6.41. The lowest BCUT2D eigenvalue weighted by atomic mass is 9.92. The lowest BCUT2D eigenvalue weighted by Crippen LogP contribution is -2.41. The molecule has 4 nitrogen and oxygen atoms in total. The van der Waals surface area contributed by atoms with E-state index in [4.69, 9.17) is 4.74 Å². The van der Waals surface area contributed by atoms with Crippen LogP contribution in [0.1, 0.15) is 53.4 Å². The Kier molecular flexibility index (Phi) is 6.63. The summed E-state index contributed by atoms with van der Waals surface area (Å²) in [5.41, 5.74) is -0.389. The van der Waals surface area contributed by atoms with Crippen LogP contribution in [-0.2, 0) is 4.74 Å².